The Bertz CT molecular complexity index is 861. The van der Waals surface area contributed by atoms with E-state index in [-0.39, 0.29) is 24.7 Å². The Morgan fingerprint density at radius 2 is 1.71 bits per heavy atom. The normalized spacial score (nSPS) is 24.6. The van der Waals surface area contributed by atoms with Crippen LogP contribution < -0.4 is 9.47 Å². The summed E-state index contributed by atoms with van der Waals surface area (Å²) in [7, 11) is 0. The number of carbonyl (C=O) groups excluding carboxylic acids is 1. The number of benzene rings is 1. The smallest absolute Gasteiger partial charge is 0.308 e. The van der Waals surface area contributed by atoms with Crippen molar-refractivity contribution in [3.05, 3.63) is 23.8 Å². The minimum Gasteiger partial charge on any atom is -0.481 e. The molecule has 2 fully saturated rings. The third-order valence-corrected chi connectivity index (χ3v) is 8.15. The van der Waals surface area contributed by atoms with Crippen molar-refractivity contribution in [3.8, 4) is 11.5 Å². The van der Waals surface area contributed by atoms with Gasteiger partial charge in [0.2, 0.25) is 12.7 Å². The van der Waals surface area contributed by atoms with Gasteiger partial charge in [-0.3, -0.25) is 14.5 Å². The summed E-state index contributed by atoms with van der Waals surface area (Å²) in [6, 6.07) is 5.69. The number of ether oxygens (including phenoxy) is 2. The van der Waals surface area contributed by atoms with Crippen LogP contribution in [0.25, 0.3) is 0 Å². The number of fused-ring (bicyclic) bond motifs is 1. The van der Waals surface area contributed by atoms with Crippen LogP contribution in [0, 0.1) is 11.8 Å². The largest absolute Gasteiger partial charge is 0.481 e. The van der Waals surface area contributed by atoms with E-state index in [0.717, 1.165) is 70.0 Å². The van der Waals surface area contributed by atoms with Gasteiger partial charge in [-0.15, -0.1) is 0 Å². The quantitative estimate of drug-likeness (QED) is 0.480. The summed E-state index contributed by atoms with van der Waals surface area (Å²) in [5.74, 6) is 0.372. The molecule has 1 amide bonds. The van der Waals surface area contributed by atoms with Crippen LogP contribution in [0.3, 0.4) is 0 Å². The summed E-state index contributed by atoms with van der Waals surface area (Å²) in [6.45, 7) is 6.95. The average Bonchev–Trinajstić information content (AvgIpc) is 3.49. The third-order valence-electron chi connectivity index (χ3n) is 8.15. The first-order valence-corrected chi connectivity index (χ1v) is 13.7. The molecule has 0 unspecified atom stereocenters. The molecule has 1 aromatic carbocycles. The summed E-state index contributed by atoms with van der Waals surface area (Å²) in [4.78, 5) is 30.5. The summed E-state index contributed by atoms with van der Waals surface area (Å²) >= 11 is 0. The van der Waals surface area contributed by atoms with Crippen LogP contribution in [0.2, 0.25) is 0 Å². The molecule has 7 heteroatoms. The monoisotopic (exact) mass is 486 g/mol. The summed E-state index contributed by atoms with van der Waals surface area (Å²) in [5.41, 5.74) is 0.964. The molecular formula is C28H42N2O5. The van der Waals surface area contributed by atoms with Crippen molar-refractivity contribution in [2.75, 3.05) is 33.0 Å². The highest BCUT2D eigenvalue weighted by Crippen LogP contribution is 2.46. The number of aliphatic carboxylic acids is 1. The minimum atomic E-state index is -0.757. The Kier molecular flexibility index (Phi) is 8.93. The molecule has 1 saturated heterocycles. The number of carbonyl (C=O) groups is 2. The Labute approximate surface area is 209 Å². The van der Waals surface area contributed by atoms with Crippen molar-refractivity contribution in [2.45, 2.75) is 83.6 Å². The number of amides is 1. The molecule has 0 aromatic heterocycles. The van der Waals surface area contributed by atoms with Gasteiger partial charge < -0.3 is 19.5 Å². The second kappa shape index (κ2) is 12.1. The number of hydrogen-bond donors (Lipinski definition) is 1. The number of likely N-dealkylation sites (tertiary alicyclic amines) is 1. The molecule has 2 aliphatic heterocycles. The number of nitrogens with zero attached hydrogens (tertiary/aromatic N) is 2. The molecule has 194 valence electrons. The Morgan fingerprint density at radius 1 is 1.03 bits per heavy atom. The molecule has 1 saturated carbocycles. The van der Waals surface area contributed by atoms with E-state index < -0.39 is 11.9 Å². The van der Waals surface area contributed by atoms with Gasteiger partial charge in [-0.2, -0.15) is 0 Å². The van der Waals surface area contributed by atoms with Crippen molar-refractivity contribution in [2.24, 2.45) is 11.8 Å². The highest BCUT2D eigenvalue weighted by molar-refractivity contribution is 5.79. The lowest BCUT2D eigenvalue weighted by Crippen LogP contribution is -2.47. The van der Waals surface area contributed by atoms with Crippen molar-refractivity contribution in [3.63, 3.8) is 0 Å². The number of rotatable bonds is 11. The van der Waals surface area contributed by atoms with Crippen molar-refractivity contribution < 1.29 is 24.2 Å². The Hall–Kier alpha value is -2.28. The van der Waals surface area contributed by atoms with Gasteiger partial charge >= 0.3 is 5.97 Å². The van der Waals surface area contributed by atoms with Crippen LogP contribution in [0.15, 0.2) is 18.2 Å². The zero-order valence-electron chi connectivity index (χ0n) is 21.4. The molecule has 2 heterocycles. The lowest BCUT2D eigenvalue weighted by molar-refractivity contribution is -0.144. The van der Waals surface area contributed by atoms with E-state index in [9.17, 15) is 14.7 Å². The zero-order chi connectivity index (χ0) is 24.8. The lowest BCUT2D eigenvalue weighted by atomic mass is 9.75. The van der Waals surface area contributed by atoms with E-state index in [4.69, 9.17) is 9.47 Å². The van der Waals surface area contributed by atoms with Gasteiger partial charge in [0.25, 0.3) is 0 Å². The average molecular weight is 487 g/mol. The molecule has 4 rings (SSSR count). The van der Waals surface area contributed by atoms with Crippen molar-refractivity contribution in [1.29, 1.82) is 0 Å². The molecule has 1 aromatic rings. The van der Waals surface area contributed by atoms with Crippen LogP contribution in [-0.2, 0) is 9.59 Å². The predicted molar refractivity (Wildman–Crippen MR) is 135 cm³/mol. The van der Waals surface area contributed by atoms with Crippen LogP contribution in [0.1, 0.15) is 83.1 Å². The first kappa shape index (κ1) is 25.8. The Morgan fingerprint density at radius 3 is 2.37 bits per heavy atom. The SMILES string of the molecule is CCCCN(CCCC)C(=O)CN1C[C@@H](c2ccc3c(c2)OCO3)[C@H](C(=O)O)[C@H]1C1CCCCC1. The van der Waals surface area contributed by atoms with E-state index in [1.807, 2.05) is 23.1 Å². The van der Waals surface area contributed by atoms with Crippen LogP contribution in [0.5, 0.6) is 11.5 Å². The highest BCUT2D eigenvalue weighted by Gasteiger charge is 2.50. The number of carboxylic acids is 1. The predicted octanol–water partition coefficient (Wildman–Crippen LogP) is 4.89. The third kappa shape index (κ3) is 5.93. The van der Waals surface area contributed by atoms with E-state index in [0.29, 0.717) is 30.5 Å². The number of hydrogen-bond acceptors (Lipinski definition) is 5. The fraction of sp³-hybridized carbons (Fsp3) is 0.714. The fourth-order valence-corrected chi connectivity index (χ4v) is 6.30. The maximum absolute atomic E-state index is 13.5. The molecule has 7 nitrogen and oxygen atoms in total. The zero-order valence-corrected chi connectivity index (χ0v) is 21.4. The molecular weight excluding hydrogens is 444 g/mol. The van der Waals surface area contributed by atoms with Crippen LogP contribution >= 0.6 is 0 Å². The molecule has 1 N–H and O–H groups in total. The minimum absolute atomic E-state index is 0.119. The molecule has 0 bridgehead atoms. The molecule has 1 aliphatic carbocycles. The fourth-order valence-electron chi connectivity index (χ4n) is 6.30. The van der Waals surface area contributed by atoms with E-state index in [1.165, 1.54) is 6.42 Å². The van der Waals surface area contributed by atoms with Crippen molar-refractivity contribution >= 4 is 11.9 Å². The van der Waals surface area contributed by atoms with Gasteiger partial charge in [0.15, 0.2) is 11.5 Å². The summed E-state index contributed by atoms with van der Waals surface area (Å²) in [5, 5.41) is 10.5. The second-order valence-corrected chi connectivity index (χ2v) is 10.5. The Balaban J connectivity index is 1.60. The molecule has 0 radical (unpaired) electrons. The summed E-state index contributed by atoms with van der Waals surface area (Å²) in [6.07, 6.45) is 9.69. The van der Waals surface area contributed by atoms with Crippen LogP contribution in [-0.4, -0.2) is 65.8 Å². The second-order valence-electron chi connectivity index (χ2n) is 10.5. The van der Waals surface area contributed by atoms with Gasteiger partial charge in [0.05, 0.1) is 12.5 Å². The van der Waals surface area contributed by atoms with Gasteiger partial charge in [0, 0.05) is 31.6 Å². The lowest BCUT2D eigenvalue weighted by Gasteiger charge is -2.36. The van der Waals surface area contributed by atoms with Gasteiger partial charge in [-0.1, -0.05) is 52.0 Å². The molecule has 35 heavy (non-hydrogen) atoms. The number of carboxylic acid groups (broad SMARTS) is 1. The first-order valence-electron chi connectivity index (χ1n) is 13.7. The van der Waals surface area contributed by atoms with Gasteiger partial charge in [-0.25, -0.2) is 0 Å². The molecule has 3 aliphatic rings. The first-order chi connectivity index (χ1) is 17.0. The van der Waals surface area contributed by atoms with E-state index in [1.54, 1.807) is 0 Å². The highest BCUT2D eigenvalue weighted by atomic mass is 16.7. The van der Waals surface area contributed by atoms with Gasteiger partial charge in [0.1, 0.15) is 0 Å². The molecule has 0 spiro atoms. The molecule has 3 atom stereocenters. The standard InChI is InChI=1S/C28H42N2O5/c1-3-5-14-29(15-6-4-2)25(31)18-30-17-22(21-12-13-23-24(16-21)35-19-34-23)26(28(32)33)27(30)20-10-8-7-9-11-20/h12-13,16,20,22,26-27H,3-11,14-15,17-19H2,1-2H3,(H,32,33)/t22-,26-,27+/m0/s1. The summed E-state index contributed by atoms with van der Waals surface area (Å²) < 4.78 is 11.1. The maximum Gasteiger partial charge on any atom is 0.308 e. The maximum atomic E-state index is 13.5. The topological polar surface area (TPSA) is 79.3 Å². The van der Waals surface area contributed by atoms with Gasteiger partial charge in [-0.05, 0) is 49.3 Å². The number of unbranched alkanes of at least 4 members (excludes halogenated alkanes) is 2. The van der Waals surface area contributed by atoms with E-state index >= 15 is 0 Å². The van der Waals surface area contributed by atoms with Crippen LogP contribution in [0.4, 0.5) is 0 Å². The van der Waals surface area contributed by atoms with Crippen molar-refractivity contribution in [1.82, 2.24) is 9.80 Å². The van der Waals surface area contributed by atoms with E-state index in [2.05, 4.69) is 18.7 Å².